The molecule has 0 aliphatic rings. The van der Waals surface area contributed by atoms with Crippen LogP contribution in [-0.4, -0.2) is 41.9 Å². The molecule has 0 saturated heterocycles. The highest BCUT2D eigenvalue weighted by molar-refractivity contribution is 5.81. The van der Waals surface area contributed by atoms with E-state index in [2.05, 4.69) is 10.6 Å². The molecular weight excluding hydrogens is 248 g/mol. The zero-order chi connectivity index (χ0) is 15.2. The molecule has 3 N–H and O–H groups in total. The maximum absolute atomic E-state index is 11.7. The summed E-state index contributed by atoms with van der Waals surface area (Å²) >= 11 is 0. The van der Waals surface area contributed by atoms with Crippen LogP contribution in [0, 0.1) is 5.92 Å². The summed E-state index contributed by atoms with van der Waals surface area (Å²) < 4.78 is 5.12. The molecule has 1 unspecified atom stereocenters. The van der Waals surface area contributed by atoms with Crippen LogP contribution in [0.3, 0.4) is 0 Å². The maximum Gasteiger partial charge on any atom is 0.407 e. The highest BCUT2D eigenvalue weighted by Gasteiger charge is 2.29. The lowest BCUT2D eigenvalue weighted by Crippen LogP contribution is -2.51. The summed E-state index contributed by atoms with van der Waals surface area (Å²) in [7, 11) is 1.44. The summed E-state index contributed by atoms with van der Waals surface area (Å²) in [4.78, 5) is 23.1. The number of nitrogens with one attached hydrogen (secondary N) is 2. The second kappa shape index (κ2) is 7.33. The zero-order valence-electron chi connectivity index (χ0n) is 12.6. The molecule has 2 amide bonds. The summed E-state index contributed by atoms with van der Waals surface area (Å²) in [5.41, 5.74) is -0.621. The monoisotopic (exact) mass is 274 g/mol. The van der Waals surface area contributed by atoms with Crippen LogP contribution < -0.4 is 10.6 Å². The molecular formula is C13H26N2O4. The fraction of sp³-hybridized carbons (Fsp3) is 0.846. The van der Waals surface area contributed by atoms with Gasteiger partial charge in [0.15, 0.2) is 6.10 Å². The number of aliphatic hydroxyl groups excluding tert-OH is 1. The smallest absolute Gasteiger partial charge is 0.407 e. The molecule has 0 rings (SSSR count). The van der Waals surface area contributed by atoms with Gasteiger partial charge in [0.2, 0.25) is 0 Å². The lowest BCUT2D eigenvalue weighted by molar-refractivity contribution is -0.130. The first-order valence-corrected chi connectivity index (χ1v) is 6.46. The van der Waals surface area contributed by atoms with Gasteiger partial charge in [-0.25, -0.2) is 4.79 Å². The molecule has 0 radical (unpaired) electrons. The van der Waals surface area contributed by atoms with Crippen molar-refractivity contribution in [1.82, 2.24) is 10.6 Å². The molecule has 2 atom stereocenters. The van der Waals surface area contributed by atoms with Gasteiger partial charge in [0.05, 0.1) is 6.04 Å². The van der Waals surface area contributed by atoms with Crippen LogP contribution in [-0.2, 0) is 9.53 Å². The molecule has 0 fully saturated rings. The predicted molar refractivity (Wildman–Crippen MR) is 72.7 cm³/mol. The Bertz CT molecular complexity index is 310. The molecule has 0 aromatic rings. The highest BCUT2D eigenvalue weighted by Crippen LogP contribution is 2.11. The number of carbonyl (C=O) groups excluding carboxylic acids is 2. The highest BCUT2D eigenvalue weighted by atomic mass is 16.6. The molecule has 0 saturated carbocycles. The van der Waals surface area contributed by atoms with Crippen molar-refractivity contribution in [1.29, 1.82) is 0 Å². The molecule has 0 aromatic heterocycles. The van der Waals surface area contributed by atoms with Crippen LogP contribution in [0.4, 0.5) is 4.79 Å². The summed E-state index contributed by atoms with van der Waals surface area (Å²) in [6.07, 6.45) is -1.45. The van der Waals surface area contributed by atoms with Gasteiger partial charge in [-0.1, -0.05) is 13.8 Å². The standard InChI is InChI=1S/C13H26N2O4/c1-8(2)7-9(10(16)11(17)14-6)15-12(18)19-13(3,4)5/h8-10,16H,7H2,1-6H3,(H,14,17)(H,15,18)/t9-,10?/m0/s1. The van der Waals surface area contributed by atoms with Crippen molar-refractivity contribution in [2.24, 2.45) is 5.92 Å². The number of ether oxygens (including phenoxy) is 1. The summed E-state index contributed by atoms with van der Waals surface area (Å²) in [6.45, 7) is 9.14. The first-order chi connectivity index (χ1) is 8.56. The van der Waals surface area contributed by atoms with Gasteiger partial charge in [0.1, 0.15) is 5.60 Å². The Balaban J connectivity index is 4.68. The first kappa shape index (κ1) is 17.7. The van der Waals surface area contributed by atoms with E-state index in [1.54, 1.807) is 20.8 Å². The van der Waals surface area contributed by atoms with E-state index in [1.165, 1.54) is 7.05 Å². The third-order valence-corrected chi connectivity index (χ3v) is 2.32. The molecule has 0 aliphatic heterocycles. The van der Waals surface area contributed by atoms with Crippen molar-refractivity contribution in [3.05, 3.63) is 0 Å². The van der Waals surface area contributed by atoms with Crippen LogP contribution in [0.15, 0.2) is 0 Å². The van der Waals surface area contributed by atoms with Gasteiger partial charge in [-0.3, -0.25) is 4.79 Å². The Hall–Kier alpha value is -1.30. The van der Waals surface area contributed by atoms with Crippen molar-refractivity contribution in [2.45, 2.75) is 58.8 Å². The van der Waals surface area contributed by atoms with Gasteiger partial charge in [-0.15, -0.1) is 0 Å². The van der Waals surface area contributed by atoms with Crippen LogP contribution in [0.2, 0.25) is 0 Å². The minimum atomic E-state index is -1.29. The molecule has 0 heterocycles. The Morgan fingerprint density at radius 2 is 1.79 bits per heavy atom. The average molecular weight is 274 g/mol. The van der Waals surface area contributed by atoms with Crippen molar-refractivity contribution in [3.8, 4) is 0 Å². The minimum absolute atomic E-state index is 0.222. The van der Waals surface area contributed by atoms with Crippen molar-refractivity contribution in [2.75, 3.05) is 7.05 Å². The molecule has 6 nitrogen and oxygen atoms in total. The van der Waals surface area contributed by atoms with Crippen molar-refractivity contribution >= 4 is 12.0 Å². The van der Waals surface area contributed by atoms with Crippen LogP contribution in [0.25, 0.3) is 0 Å². The quantitative estimate of drug-likeness (QED) is 0.699. The summed E-state index contributed by atoms with van der Waals surface area (Å²) in [5.74, 6) is -0.305. The number of rotatable bonds is 5. The SMILES string of the molecule is CNC(=O)C(O)[C@H](CC(C)C)NC(=O)OC(C)(C)C. The Kier molecular flexibility index (Phi) is 6.83. The Labute approximate surface area is 114 Å². The Morgan fingerprint density at radius 1 is 1.26 bits per heavy atom. The van der Waals surface area contributed by atoms with E-state index in [-0.39, 0.29) is 5.92 Å². The molecule has 6 heteroatoms. The first-order valence-electron chi connectivity index (χ1n) is 6.46. The molecule has 112 valence electrons. The van der Waals surface area contributed by atoms with E-state index in [0.29, 0.717) is 6.42 Å². The van der Waals surface area contributed by atoms with Gasteiger partial charge in [0, 0.05) is 7.05 Å². The van der Waals surface area contributed by atoms with Crippen molar-refractivity contribution in [3.63, 3.8) is 0 Å². The van der Waals surface area contributed by atoms with E-state index < -0.39 is 29.7 Å². The van der Waals surface area contributed by atoms with Gasteiger partial charge in [-0.2, -0.15) is 0 Å². The summed E-state index contributed by atoms with van der Waals surface area (Å²) in [6, 6.07) is -0.671. The average Bonchev–Trinajstić information content (AvgIpc) is 2.22. The van der Waals surface area contributed by atoms with Crippen LogP contribution >= 0.6 is 0 Å². The number of hydrogen-bond donors (Lipinski definition) is 3. The molecule has 0 bridgehead atoms. The predicted octanol–water partition coefficient (Wildman–Crippen LogP) is 1.03. The fourth-order valence-electron chi connectivity index (χ4n) is 1.56. The van der Waals surface area contributed by atoms with Gasteiger partial charge >= 0.3 is 6.09 Å². The van der Waals surface area contributed by atoms with Crippen LogP contribution in [0.5, 0.6) is 0 Å². The number of hydrogen-bond acceptors (Lipinski definition) is 4. The van der Waals surface area contributed by atoms with E-state index in [9.17, 15) is 14.7 Å². The summed E-state index contributed by atoms with van der Waals surface area (Å²) in [5, 5.41) is 14.8. The minimum Gasteiger partial charge on any atom is -0.444 e. The zero-order valence-corrected chi connectivity index (χ0v) is 12.6. The van der Waals surface area contributed by atoms with Crippen molar-refractivity contribution < 1.29 is 19.4 Å². The van der Waals surface area contributed by atoms with E-state index in [0.717, 1.165) is 0 Å². The van der Waals surface area contributed by atoms with E-state index in [1.807, 2.05) is 13.8 Å². The normalized spacial score (nSPS) is 14.7. The number of likely N-dealkylation sites (N-methyl/N-ethyl adjacent to an activating group) is 1. The lowest BCUT2D eigenvalue weighted by Gasteiger charge is -2.27. The number of aliphatic hydroxyl groups is 1. The van der Waals surface area contributed by atoms with Gasteiger partial charge in [-0.05, 0) is 33.1 Å². The second-order valence-electron chi connectivity index (χ2n) is 5.94. The van der Waals surface area contributed by atoms with Gasteiger partial charge < -0.3 is 20.5 Å². The number of carbonyl (C=O) groups is 2. The molecule has 0 spiro atoms. The number of amides is 2. The fourth-order valence-corrected chi connectivity index (χ4v) is 1.56. The van der Waals surface area contributed by atoms with Crippen LogP contribution in [0.1, 0.15) is 41.0 Å². The van der Waals surface area contributed by atoms with E-state index >= 15 is 0 Å². The molecule has 19 heavy (non-hydrogen) atoms. The number of alkyl carbamates (subject to hydrolysis) is 1. The van der Waals surface area contributed by atoms with E-state index in [4.69, 9.17) is 4.74 Å². The molecule has 0 aliphatic carbocycles. The second-order valence-corrected chi connectivity index (χ2v) is 5.94. The lowest BCUT2D eigenvalue weighted by atomic mass is 9.99. The third-order valence-electron chi connectivity index (χ3n) is 2.32. The maximum atomic E-state index is 11.7. The largest absolute Gasteiger partial charge is 0.444 e. The topological polar surface area (TPSA) is 87.7 Å². The third kappa shape index (κ3) is 7.66. The molecule has 0 aromatic carbocycles. The Morgan fingerprint density at radius 3 is 2.16 bits per heavy atom. The van der Waals surface area contributed by atoms with Gasteiger partial charge in [0.25, 0.3) is 5.91 Å².